The van der Waals surface area contributed by atoms with E-state index in [4.69, 9.17) is 10.7 Å². The third-order valence-electron chi connectivity index (χ3n) is 7.12. The molecule has 3 aromatic heterocycles. The topological polar surface area (TPSA) is 115 Å². The standard InChI is InChI=1S/C25H25FN6O2S/c1-35(33,34)23-22(15-10-16-7-8-17(11-15)30-16)31-25-19(13-29-32(25)24(23)27)14-6-9-21(28-12-14)18-4-2-3-5-20(18)26/h2-6,9,12-13,15-17,30H,7-8,10-11,27H2,1H3. The Labute approximate surface area is 202 Å². The molecular weight excluding hydrogens is 467 g/mol. The number of hydrogen-bond donors (Lipinski definition) is 2. The first-order valence-corrected chi connectivity index (χ1v) is 13.5. The van der Waals surface area contributed by atoms with Crippen molar-refractivity contribution in [3.05, 3.63) is 60.3 Å². The Morgan fingerprint density at radius 2 is 1.80 bits per heavy atom. The van der Waals surface area contributed by atoms with Crippen LogP contribution in [0.4, 0.5) is 10.2 Å². The predicted molar refractivity (Wildman–Crippen MR) is 131 cm³/mol. The van der Waals surface area contributed by atoms with Crippen LogP contribution in [-0.2, 0) is 9.84 Å². The average molecular weight is 493 g/mol. The number of halogens is 1. The van der Waals surface area contributed by atoms with E-state index in [0.717, 1.165) is 31.2 Å². The van der Waals surface area contributed by atoms with E-state index in [-0.39, 0.29) is 22.4 Å². The van der Waals surface area contributed by atoms with Crippen molar-refractivity contribution < 1.29 is 12.8 Å². The van der Waals surface area contributed by atoms with Crippen LogP contribution in [0, 0.1) is 5.82 Å². The molecule has 2 unspecified atom stereocenters. The number of benzene rings is 1. The summed E-state index contributed by atoms with van der Waals surface area (Å²) in [4.78, 5) is 9.40. The minimum absolute atomic E-state index is 0.00455. The fourth-order valence-electron chi connectivity index (χ4n) is 5.54. The van der Waals surface area contributed by atoms with Crippen molar-refractivity contribution in [2.75, 3.05) is 12.0 Å². The molecule has 2 aliphatic rings. The van der Waals surface area contributed by atoms with E-state index in [9.17, 15) is 12.8 Å². The maximum atomic E-state index is 14.2. The van der Waals surface area contributed by atoms with Crippen LogP contribution in [0.2, 0.25) is 0 Å². The number of piperidine rings is 1. The Morgan fingerprint density at radius 1 is 1.06 bits per heavy atom. The minimum Gasteiger partial charge on any atom is -0.382 e. The first-order valence-electron chi connectivity index (χ1n) is 11.6. The number of nitrogen functional groups attached to an aromatic ring is 1. The van der Waals surface area contributed by atoms with Gasteiger partial charge < -0.3 is 11.1 Å². The van der Waals surface area contributed by atoms with E-state index >= 15 is 0 Å². The van der Waals surface area contributed by atoms with Crippen molar-refractivity contribution in [2.24, 2.45) is 0 Å². The van der Waals surface area contributed by atoms with E-state index in [2.05, 4.69) is 15.4 Å². The first kappa shape index (κ1) is 22.1. The second-order valence-electron chi connectivity index (χ2n) is 9.50. The second kappa shape index (κ2) is 8.10. The summed E-state index contributed by atoms with van der Waals surface area (Å²) in [6, 6.07) is 10.8. The molecule has 0 aliphatic carbocycles. The normalized spacial score (nSPS) is 22.1. The van der Waals surface area contributed by atoms with E-state index in [0.29, 0.717) is 40.2 Å². The molecule has 0 spiro atoms. The maximum Gasteiger partial charge on any atom is 0.180 e. The molecule has 8 nitrogen and oxygen atoms in total. The Morgan fingerprint density at radius 3 is 2.46 bits per heavy atom. The lowest BCUT2D eigenvalue weighted by Crippen LogP contribution is -2.38. The molecule has 2 aliphatic heterocycles. The summed E-state index contributed by atoms with van der Waals surface area (Å²) in [5.74, 6) is -0.275. The number of nitrogens with zero attached hydrogens (tertiary/aromatic N) is 4. The van der Waals surface area contributed by atoms with Gasteiger partial charge >= 0.3 is 0 Å². The fourth-order valence-corrected chi connectivity index (χ4v) is 6.60. The third-order valence-corrected chi connectivity index (χ3v) is 8.28. The Hall–Kier alpha value is -3.37. The van der Waals surface area contributed by atoms with Crippen LogP contribution in [-0.4, -0.2) is 46.3 Å². The molecule has 3 N–H and O–H groups in total. The molecule has 6 rings (SSSR count). The molecule has 5 heterocycles. The van der Waals surface area contributed by atoms with Crippen molar-refractivity contribution in [1.82, 2.24) is 24.9 Å². The summed E-state index contributed by atoms with van der Waals surface area (Å²) >= 11 is 0. The highest BCUT2D eigenvalue weighted by Gasteiger charge is 2.38. The predicted octanol–water partition coefficient (Wildman–Crippen LogP) is 3.58. The molecule has 2 fully saturated rings. The van der Waals surface area contributed by atoms with Crippen LogP contribution in [0.5, 0.6) is 0 Å². The summed E-state index contributed by atoms with van der Waals surface area (Å²) in [5, 5.41) is 7.95. The monoisotopic (exact) mass is 492 g/mol. The van der Waals surface area contributed by atoms with Crippen LogP contribution >= 0.6 is 0 Å². The number of aromatic nitrogens is 4. The molecule has 0 radical (unpaired) electrons. The fraction of sp³-hybridized carbons (Fsp3) is 0.320. The Balaban J connectivity index is 1.48. The largest absolute Gasteiger partial charge is 0.382 e. The van der Waals surface area contributed by atoms with Gasteiger partial charge in [0.1, 0.15) is 16.5 Å². The molecule has 2 saturated heterocycles. The molecule has 2 bridgehead atoms. The maximum absolute atomic E-state index is 14.2. The number of anilines is 1. The molecule has 35 heavy (non-hydrogen) atoms. The number of sulfone groups is 1. The summed E-state index contributed by atoms with van der Waals surface area (Å²) in [5.41, 5.74) is 9.77. The van der Waals surface area contributed by atoms with E-state index in [1.807, 2.05) is 6.07 Å². The number of hydrogen-bond acceptors (Lipinski definition) is 7. The molecule has 2 atom stereocenters. The highest BCUT2D eigenvalue weighted by atomic mass is 32.2. The molecule has 10 heteroatoms. The van der Waals surface area contributed by atoms with E-state index in [1.54, 1.807) is 36.7 Å². The van der Waals surface area contributed by atoms with Crippen molar-refractivity contribution in [1.29, 1.82) is 0 Å². The molecule has 1 aromatic carbocycles. The van der Waals surface area contributed by atoms with E-state index < -0.39 is 9.84 Å². The van der Waals surface area contributed by atoms with Gasteiger partial charge in [0.25, 0.3) is 0 Å². The second-order valence-corrected chi connectivity index (χ2v) is 11.4. The lowest BCUT2D eigenvalue weighted by molar-refractivity contribution is 0.355. The average Bonchev–Trinajstić information content (AvgIpc) is 3.41. The van der Waals surface area contributed by atoms with Crippen molar-refractivity contribution in [3.8, 4) is 22.4 Å². The minimum atomic E-state index is -3.63. The zero-order valence-corrected chi connectivity index (χ0v) is 20.0. The van der Waals surface area contributed by atoms with Gasteiger partial charge in [-0.1, -0.05) is 18.2 Å². The van der Waals surface area contributed by atoms with Crippen molar-refractivity contribution >= 4 is 21.3 Å². The zero-order valence-electron chi connectivity index (χ0n) is 19.1. The van der Waals surface area contributed by atoms with Crippen LogP contribution in [0.25, 0.3) is 28.0 Å². The smallest absolute Gasteiger partial charge is 0.180 e. The lowest BCUT2D eigenvalue weighted by atomic mass is 9.89. The van der Waals surface area contributed by atoms with Crippen molar-refractivity contribution in [3.63, 3.8) is 0 Å². The van der Waals surface area contributed by atoms with Gasteiger partial charge in [-0.2, -0.15) is 9.61 Å². The van der Waals surface area contributed by atoms with Gasteiger partial charge in [-0.25, -0.2) is 17.8 Å². The summed E-state index contributed by atoms with van der Waals surface area (Å²) in [7, 11) is -3.63. The third kappa shape index (κ3) is 3.77. The lowest BCUT2D eigenvalue weighted by Gasteiger charge is -2.30. The number of nitrogens with one attached hydrogen (secondary N) is 1. The highest BCUT2D eigenvalue weighted by Crippen LogP contribution is 2.41. The van der Waals surface area contributed by atoms with Gasteiger partial charge in [-0.05, 0) is 43.9 Å². The van der Waals surface area contributed by atoms with Gasteiger partial charge in [-0.3, -0.25) is 4.98 Å². The van der Waals surface area contributed by atoms with Crippen molar-refractivity contribution in [2.45, 2.75) is 48.6 Å². The summed E-state index contributed by atoms with van der Waals surface area (Å²) in [6.07, 6.45) is 8.25. The SMILES string of the molecule is CS(=O)(=O)c1c(C2CC3CCC(C2)N3)nc2c(-c3ccc(-c4ccccc4F)nc3)cnn2c1N. The number of fused-ring (bicyclic) bond motifs is 3. The van der Waals surface area contributed by atoms with Crippen LogP contribution in [0.15, 0.2) is 53.7 Å². The van der Waals surface area contributed by atoms with E-state index in [1.165, 1.54) is 16.8 Å². The van der Waals surface area contributed by atoms with Gasteiger partial charge in [0.15, 0.2) is 15.5 Å². The van der Waals surface area contributed by atoms with Gasteiger partial charge in [0.05, 0.1) is 17.6 Å². The summed E-state index contributed by atoms with van der Waals surface area (Å²) in [6.45, 7) is 0. The van der Waals surface area contributed by atoms with Crippen LogP contribution in [0.1, 0.15) is 37.3 Å². The van der Waals surface area contributed by atoms with Gasteiger partial charge in [-0.15, -0.1) is 0 Å². The van der Waals surface area contributed by atoms with Crippen LogP contribution < -0.4 is 11.1 Å². The first-order chi connectivity index (χ1) is 16.8. The molecule has 4 aromatic rings. The molecule has 180 valence electrons. The van der Waals surface area contributed by atoms with Gasteiger partial charge in [0.2, 0.25) is 0 Å². The van der Waals surface area contributed by atoms with Crippen LogP contribution in [0.3, 0.4) is 0 Å². The molecule has 0 amide bonds. The summed E-state index contributed by atoms with van der Waals surface area (Å²) < 4.78 is 41.2. The quantitative estimate of drug-likeness (QED) is 0.447. The zero-order chi connectivity index (χ0) is 24.3. The number of pyridine rings is 1. The molecule has 0 saturated carbocycles. The Kier molecular flexibility index (Phi) is 5.12. The van der Waals surface area contributed by atoms with Gasteiger partial charge in [0, 0.05) is 47.1 Å². The molecular formula is C25H25FN6O2S. The Bertz CT molecular complexity index is 1540. The number of nitrogens with two attached hydrogens (primary N) is 1. The number of rotatable bonds is 4. The highest BCUT2D eigenvalue weighted by molar-refractivity contribution is 7.91.